The van der Waals surface area contributed by atoms with Gasteiger partial charge in [0.25, 0.3) is 0 Å². The lowest BCUT2D eigenvalue weighted by Gasteiger charge is -2.25. The molecule has 1 saturated carbocycles. The lowest BCUT2D eigenvalue weighted by Crippen LogP contribution is -2.39. The Balaban J connectivity index is 1.90. The number of aliphatic hydroxyl groups is 1. The van der Waals surface area contributed by atoms with E-state index >= 15 is 0 Å². The van der Waals surface area contributed by atoms with Crippen molar-refractivity contribution in [3.05, 3.63) is 35.4 Å². The number of hydrogen-bond acceptors (Lipinski definition) is 2. The predicted molar refractivity (Wildman–Crippen MR) is 80.4 cm³/mol. The molecule has 0 saturated heterocycles. The molecule has 1 atom stereocenters. The second-order valence-corrected chi connectivity index (χ2v) is 6.36. The first kappa shape index (κ1) is 14.5. The van der Waals surface area contributed by atoms with Crippen molar-refractivity contribution in [2.45, 2.75) is 64.0 Å². The van der Waals surface area contributed by atoms with Gasteiger partial charge in [-0.25, -0.2) is 0 Å². The van der Waals surface area contributed by atoms with E-state index < -0.39 is 5.60 Å². The molecule has 1 aromatic carbocycles. The quantitative estimate of drug-likeness (QED) is 0.845. The van der Waals surface area contributed by atoms with E-state index in [4.69, 9.17) is 0 Å². The molecule has 2 nitrogen and oxygen atoms in total. The Morgan fingerprint density at radius 2 is 1.58 bits per heavy atom. The van der Waals surface area contributed by atoms with Gasteiger partial charge in [0.05, 0.1) is 5.60 Å². The number of nitrogens with one attached hydrogen (secondary N) is 1. The van der Waals surface area contributed by atoms with E-state index in [-0.39, 0.29) is 0 Å². The smallest absolute Gasteiger partial charge is 0.0771 e. The maximum Gasteiger partial charge on any atom is 0.0771 e. The molecule has 1 aromatic rings. The van der Waals surface area contributed by atoms with E-state index in [1.807, 2.05) is 0 Å². The number of hydrogen-bond donors (Lipinski definition) is 2. The zero-order valence-electron chi connectivity index (χ0n) is 12.4. The van der Waals surface area contributed by atoms with Crippen LogP contribution in [0.4, 0.5) is 0 Å². The molecule has 1 aliphatic carbocycles. The Bertz CT molecular complexity index is 390. The lowest BCUT2D eigenvalue weighted by molar-refractivity contribution is 0.0453. The lowest BCUT2D eigenvalue weighted by atomic mass is 9.98. The minimum Gasteiger partial charge on any atom is -0.389 e. The molecular weight excluding hydrogens is 234 g/mol. The fraction of sp³-hybridized carbons (Fsp3) is 0.647. The normalized spacial score (nSPS) is 19.8. The molecule has 0 radical (unpaired) electrons. The maximum absolute atomic E-state index is 10.3. The summed E-state index contributed by atoms with van der Waals surface area (Å²) in [7, 11) is 0. The fourth-order valence-electron chi connectivity index (χ4n) is 2.84. The highest BCUT2D eigenvalue weighted by Gasteiger charge is 2.30. The predicted octanol–water partition coefficient (Wildman–Crippen LogP) is 3.77. The summed E-state index contributed by atoms with van der Waals surface area (Å²) in [6, 6.07) is 9.12. The van der Waals surface area contributed by atoms with Gasteiger partial charge >= 0.3 is 0 Å². The van der Waals surface area contributed by atoms with E-state index in [9.17, 15) is 5.11 Å². The molecule has 19 heavy (non-hydrogen) atoms. The SMILES string of the molecule is CC(C)c1ccc(C(C)NCC2(O)CCCC2)cc1. The van der Waals surface area contributed by atoms with Gasteiger partial charge in [-0.3, -0.25) is 0 Å². The Kier molecular flexibility index (Phi) is 4.64. The largest absolute Gasteiger partial charge is 0.389 e. The molecule has 0 bridgehead atoms. The van der Waals surface area contributed by atoms with Gasteiger partial charge in [0.15, 0.2) is 0 Å². The molecule has 1 unspecified atom stereocenters. The van der Waals surface area contributed by atoms with Crippen molar-refractivity contribution >= 4 is 0 Å². The van der Waals surface area contributed by atoms with Crippen molar-refractivity contribution in [1.29, 1.82) is 0 Å². The van der Waals surface area contributed by atoms with Crippen LogP contribution < -0.4 is 5.32 Å². The summed E-state index contributed by atoms with van der Waals surface area (Å²) in [5.74, 6) is 0.580. The molecule has 1 fully saturated rings. The molecule has 2 rings (SSSR count). The fourth-order valence-corrected chi connectivity index (χ4v) is 2.84. The van der Waals surface area contributed by atoms with Crippen LogP contribution in [0.25, 0.3) is 0 Å². The summed E-state index contributed by atoms with van der Waals surface area (Å²) in [6.07, 6.45) is 4.21. The van der Waals surface area contributed by atoms with Gasteiger partial charge in [-0.05, 0) is 36.8 Å². The Labute approximate surface area is 117 Å². The van der Waals surface area contributed by atoms with E-state index in [2.05, 4.69) is 50.4 Å². The zero-order chi connectivity index (χ0) is 13.9. The zero-order valence-corrected chi connectivity index (χ0v) is 12.4. The van der Waals surface area contributed by atoms with E-state index in [1.54, 1.807) is 0 Å². The maximum atomic E-state index is 10.3. The molecule has 0 aliphatic heterocycles. The minimum absolute atomic E-state index is 0.297. The second-order valence-electron chi connectivity index (χ2n) is 6.36. The summed E-state index contributed by atoms with van der Waals surface area (Å²) in [6.45, 7) is 7.31. The Hall–Kier alpha value is -0.860. The Morgan fingerprint density at radius 3 is 2.11 bits per heavy atom. The number of benzene rings is 1. The number of rotatable bonds is 5. The third-order valence-electron chi connectivity index (χ3n) is 4.37. The average molecular weight is 261 g/mol. The van der Waals surface area contributed by atoms with Crippen molar-refractivity contribution in [1.82, 2.24) is 5.32 Å². The minimum atomic E-state index is -0.466. The van der Waals surface area contributed by atoms with Gasteiger partial charge in [-0.2, -0.15) is 0 Å². The standard InChI is InChI=1S/C17H27NO/c1-13(2)15-6-8-16(9-7-15)14(3)18-12-17(19)10-4-5-11-17/h6-9,13-14,18-19H,4-5,10-12H2,1-3H3. The van der Waals surface area contributed by atoms with Crippen LogP contribution in [0.15, 0.2) is 24.3 Å². The molecule has 0 spiro atoms. The third-order valence-corrected chi connectivity index (χ3v) is 4.37. The van der Waals surface area contributed by atoms with Crippen molar-refractivity contribution in [3.63, 3.8) is 0 Å². The topological polar surface area (TPSA) is 32.3 Å². The van der Waals surface area contributed by atoms with Crippen LogP contribution in [-0.4, -0.2) is 17.3 Å². The van der Waals surface area contributed by atoms with Crippen LogP contribution in [0.5, 0.6) is 0 Å². The molecule has 0 aromatic heterocycles. The van der Waals surface area contributed by atoms with Crippen LogP contribution >= 0.6 is 0 Å². The van der Waals surface area contributed by atoms with Crippen molar-refractivity contribution < 1.29 is 5.11 Å². The van der Waals surface area contributed by atoms with Gasteiger partial charge in [0, 0.05) is 12.6 Å². The van der Waals surface area contributed by atoms with Crippen molar-refractivity contribution in [2.24, 2.45) is 0 Å². The Morgan fingerprint density at radius 1 is 1.05 bits per heavy atom. The van der Waals surface area contributed by atoms with Crippen LogP contribution in [-0.2, 0) is 0 Å². The second kappa shape index (κ2) is 6.06. The van der Waals surface area contributed by atoms with Gasteiger partial charge in [-0.1, -0.05) is 51.0 Å². The van der Waals surface area contributed by atoms with Gasteiger partial charge in [-0.15, -0.1) is 0 Å². The highest BCUT2D eigenvalue weighted by molar-refractivity contribution is 5.26. The van der Waals surface area contributed by atoms with Crippen LogP contribution in [0, 0.1) is 0 Å². The summed E-state index contributed by atoms with van der Waals surface area (Å²) in [4.78, 5) is 0. The third kappa shape index (κ3) is 3.80. The first-order valence-electron chi connectivity index (χ1n) is 7.56. The molecule has 1 aliphatic rings. The first-order chi connectivity index (χ1) is 9.00. The summed E-state index contributed by atoms with van der Waals surface area (Å²) in [5.41, 5.74) is 2.21. The van der Waals surface area contributed by atoms with E-state index in [1.165, 1.54) is 11.1 Å². The molecule has 106 valence electrons. The summed E-state index contributed by atoms with van der Waals surface area (Å²) in [5, 5.41) is 13.8. The van der Waals surface area contributed by atoms with Crippen LogP contribution in [0.1, 0.15) is 69.5 Å². The van der Waals surface area contributed by atoms with Crippen LogP contribution in [0.3, 0.4) is 0 Å². The van der Waals surface area contributed by atoms with E-state index in [0.717, 1.165) is 25.7 Å². The highest BCUT2D eigenvalue weighted by Crippen LogP contribution is 2.29. The molecular formula is C17H27NO. The average Bonchev–Trinajstić information content (AvgIpc) is 2.83. The van der Waals surface area contributed by atoms with Gasteiger partial charge in [0.1, 0.15) is 0 Å². The van der Waals surface area contributed by atoms with Gasteiger partial charge in [0.2, 0.25) is 0 Å². The molecule has 2 heteroatoms. The molecule has 0 heterocycles. The first-order valence-corrected chi connectivity index (χ1v) is 7.56. The molecule has 0 amide bonds. The summed E-state index contributed by atoms with van der Waals surface area (Å²) >= 11 is 0. The van der Waals surface area contributed by atoms with Gasteiger partial charge < -0.3 is 10.4 Å². The van der Waals surface area contributed by atoms with E-state index in [0.29, 0.717) is 18.5 Å². The summed E-state index contributed by atoms with van der Waals surface area (Å²) < 4.78 is 0. The monoisotopic (exact) mass is 261 g/mol. The van der Waals surface area contributed by atoms with Crippen molar-refractivity contribution in [3.8, 4) is 0 Å². The molecule has 2 N–H and O–H groups in total. The highest BCUT2D eigenvalue weighted by atomic mass is 16.3. The van der Waals surface area contributed by atoms with Crippen molar-refractivity contribution in [2.75, 3.05) is 6.54 Å². The van der Waals surface area contributed by atoms with Crippen LogP contribution in [0.2, 0.25) is 0 Å².